The Labute approximate surface area is 186 Å². The maximum absolute atomic E-state index is 5.97. The molecule has 2 aromatic rings. The van der Waals surface area contributed by atoms with E-state index in [1.165, 1.54) is 37.1 Å². The van der Waals surface area contributed by atoms with Crippen LogP contribution in [0.3, 0.4) is 0 Å². The van der Waals surface area contributed by atoms with Crippen molar-refractivity contribution in [1.82, 2.24) is 24.9 Å². The number of guanidine groups is 1. The highest BCUT2D eigenvalue weighted by Gasteiger charge is 2.25. The summed E-state index contributed by atoms with van der Waals surface area (Å²) < 4.78 is 7.79. The first-order chi connectivity index (χ1) is 15.1. The molecule has 1 aromatic carbocycles. The number of aliphatic imine (C=N–C) groups is 1. The van der Waals surface area contributed by atoms with Gasteiger partial charge >= 0.3 is 0 Å². The van der Waals surface area contributed by atoms with Gasteiger partial charge in [0.25, 0.3) is 0 Å². The lowest BCUT2D eigenvalue weighted by Crippen LogP contribution is -2.47. The van der Waals surface area contributed by atoms with Crippen LogP contribution in [0.15, 0.2) is 41.7 Å². The average Bonchev–Trinajstić information content (AvgIpc) is 3.22. The average molecular weight is 425 g/mol. The lowest BCUT2D eigenvalue weighted by atomic mass is 9.99. The summed E-state index contributed by atoms with van der Waals surface area (Å²) in [6.45, 7) is 8.93. The van der Waals surface area contributed by atoms with Crippen molar-refractivity contribution in [3.05, 3.63) is 53.3 Å². The van der Waals surface area contributed by atoms with Crippen molar-refractivity contribution in [2.75, 3.05) is 39.8 Å². The second-order valence-corrected chi connectivity index (χ2v) is 8.95. The summed E-state index contributed by atoms with van der Waals surface area (Å²) in [6.07, 6.45) is 6.63. The van der Waals surface area contributed by atoms with E-state index in [9.17, 15) is 0 Å². The molecule has 2 aliphatic heterocycles. The Balaban J connectivity index is 1.29. The van der Waals surface area contributed by atoms with Crippen molar-refractivity contribution in [2.45, 2.75) is 39.0 Å². The number of hydrogen-bond donors (Lipinski definition) is 1. The molecule has 3 heterocycles. The molecule has 2 aliphatic rings. The number of aryl methyl sites for hydroxylation is 1. The molecule has 7 nitrogen and oxygen atoms in total. The predicted octanol–water partition coefficient (Wildman–Crippen LogP) is 2.80. The van der Waals surface area contributed by atoms with Gasteiger partial charge in [0.2, 0.25) is 0 Å². The molecule has 168 valence electrons. The van der Waals surface area contributed by atoms with Gasteiger partial charge in [-0.25, -0.2) is 0 Å². The van der Waals surface area contributed by atoms with E-state index in [0.717, 1.165) is 43.6 Å². The predicted molar refractivity (Wildman–Crippen MR) is 124 cm³/mol. The van der Waals surface area contributed by atoms with Gasteiger partial charge in [0.15, 0.2) is 5.96 Å². The summed E-state index contributed by atoms with van der Waals surface area (Å²) in [5.41, 5.74) is 3.78. The Morgan fingerprint density at radius 2 is 2.00 bits per heavy atom. The SMILES string of the molecule is CN=C(NCc1ccc(CN2CCCC(C)C2)cc1)N1CCOC(c2cnn(C)c2)C1. The van der Waals surface area contributed by atoms with E-state index in [-0.39, 0.29) is 6.10 Å². The quantitative estimate of drug-likeness (QED) is 0.591. The topological polar surface area (TPSA) is 57.9 Å². The van der Waals surface area contributed by atoms with Crippen LogP contribution in [0, 0.1) is 5.92 Å². The normalized spacial score (nSPS) is 23.2. The van der Waals surface area contributed by atoms with Gasteiger partial charge in [-0.05, 0) is 36.4 Å². The molecule has 0 amide bonds. The van der Waals surface area contributed by atoms with E-state index in [2.05, 4.69) is 56.4 Å². The second kappa shape index (κ2) is 10.3. The fourth-order valence-electron chi connectivity index (χ4n) is 4.61. The highest BCUT2D eigenvalue weighted by atomic mass is 16.5. The molecular weight excluding hydrogens is 388 g/mol. The van der Waals surface area contributed by atoms with Crippen LogP contribution in [0.1, 0.15) is 42.6 Å². The fourth-order valence-corrected chi connectivity index (χ4v) is 4.61. The largest absolute Gasteiger partial charge is 0.370 e. The summed E-state index contributed by atoms with van der Waals surface area (Å²) in [7, 11) is 3.78. The van der Waals surface area contributed by atoms with E-state index in [1.807, 2.05) is 31.2 Å². The monoisotopic (exact) mass is 424 g/mol. The van der Waals surface area contributed by atoms with Crippen molar-refractivity contribution in [3.63, 3.8) is 0 Å². The Hall–Kier alpha value is -2.38. The summed E-state index contributed by atoms with van der Waals surface area (Å²) in [5, 5.41) is 7.80. The summed E-state index contributed by atoms with van der Waals surface area (Å²) in [5.74, 6) is 1.74. The Bertz CT molecular complexity index is 861. The molecule has 0 bridgehead atoms. The van der Waals surface area contributed by atoms with Crippen LogP contribution in [0.25, 0.3) is 0 Å². The number of hydrogen-bond acceptors (Lipinski definition) is 4. The van der Waals surface area contributed by atoms with E-state index in [1.54, 1.807) is 0 Å². The number of benzene rings is 1. The number of ether oxygens (including phenoxy) is 1. The minimum atomic E-state index is 0.0257. The summed E-state index contributed by atoms with van der Waals surface area (Å²) in [6, 6.07) is 9.01. The fraction of sp³-hybridized carbons (Fsp3) is 0.583. The van der Waals surface area contributed by atoms with E-state index in [0.29, 0.717) is 6.61 Å². The number of nitrogens with zero attached hydrogens (tertiary/aromatic N) is 5. The van der Waals surface area contributed by atoms with E-state index in [4.69, 9.17) is 4.74 Å². The van der Waals surface area contributed by atoms with Gasteiger partial charge in [-0.15, -0.1) is 0 Å². The molecule has 2 fully saturated rings. The summed E-state index contributed by atoms with van der Waals surface area (Å²) in [4.78, 5) is 9.37. The molecule has 31 heavy (non-hydrogen) atoms. The number of likely N-dealkylation sites (tertiary alicyclic amines) is 1. The molecule has 7 heteroatoms. The van der Waals surface area contributed by atoms with Crippen LogP contribution in [0.2, 0.25) is 0 Å². The number of piperidine rings is 1. The van der Waals surface area contributed by atoms with Gasteiger partial charge in [0.1, 0.15) is 6.10 Å². The van der Waals surface area contributed by atoms with Crippen molar-refractivity contribution in [2.24, 2.45) is 18.0 Å². The van der Waals surface area contributed by atoms with Crippen molar-refractivity contribution in [3.8, 4) is 0 Å². The number of rotatable bonds is 5. The minimum Gasteiger partial charge on any atom is -0.370 e. The molecule has 0 radical (unpaired) electrons. The first-order valence-corrected chi connectivity index (χ1v) is 11.5. The lowest BCUT2D eigenvalue weighted by Gasteiger charge is -2.34. The molecule has 0 aliphatic carbocycles. The van der Waals surface area contributed by atoms with Crippen molar-refractivity contribution in [1.29, 1.82) is 0 Å². The highest BCUT2D eigenvalue weighted by Crippen LogP contribution is 2.22. The third-order valence-corrected chi connectivity index (χ3v) is 6.30. The van der Waals surface area contributed by atoms with E-state index >= 15 is 0 Å². The molecule has 0 spiro atoms. The number of aromatic nitrogens is 2. The number of nitrogens with one attached hydrogen (secondary N) is 1. The van der Waals surface area contributed by atoms with Crippen molar-refractivity contribution < 1.29 is 4.74 Å². The first kappa shape index (κ1) is 21.8. The van der Waals surface area contributed by atoms with Crippen LogP contribution in [-0.4, -0.2) is 65.4 Å². The van der Waals surface area contributed by atoms with Gasteiger partial charge in [-0.2, -0.15) is 5.10 Å². The molecular formula is C24H36N6O. The zero-order valence-electron chi connectivity index (χ0n) is 19.1. The first-order valence-electron chi connectivity index (χ1n) is 11.5. The van der Waals surface area contributed by atoms with Gasteiger partial charge in [0, 0.05) is 52.0 Å². The molecule has 2 atom stereocenters. The minimum absolute atomic E-state index is 0.0257. The molecule has 2 saturated heterocycles. The van der Waals surface area contributed by atoms with Crippen LogP contribution < -0.4 is 5.32 Å². The molecule has 2 unspecified atom stereocenters. The Kier molecular flexibility index (Phi) is 7.25. The van der Waals surface area contributed by atoms with E-state index < -0.39 is 0 Å². The highest BCUT2D eigenvalue weighted by molar-refractivity contribution is 5.80. The van der Waals surface area contributed by atoms with Gasteiger partial charge in [-0.1, -0.05) is 31.2 Å². The Morgan fingerprint density at radius 3 is 2.71 bits per heavy atom. The van der Waals surface area contributed by atoms with Crippen LogP contribution in [-0.2, 0) is 24.9 Å². The van der Waals surface area contributed by atoms with Crippen LogP contribution in [0.4, 0.5) is 0 Å². The van der Waals surface area contributed by atoms with Gasteiger partial charge < -0.3 is 15.0 Å². The van der Waals surface area contributed by atoms with Gasteiger partial charge in [-0.3, -0.25) is 14.6 Å². The second-order valence-electron chi connectivity index (χ2n) is 8.95. The molecule has 1 aromatic heterocycles. The zero-order chi connectivity index (χ0) is 21.6. The Morgan fingerprint density at radius 1 is 1.19 bits per heavy atom. The molecule has 0 saturated carbocycles. The molecule has 4 rings (SSSR count). The third kappa shape index (κ3) is 5.86. The van der Waals surface area contributed by atoms with Gasteiger partial charge in [0.05, 0.1) is 19.3 Å². The smallest absolute Gasteiger partial charge is 0.194 e. The van der Waals surface area contributed by atoms with Crippen LogP contribution in [0.5, 0.6) is 0 Å². The zero-order valence-corrected chi connectivity index (χ0v) is 19.1. The molecule has 1 N–H and O–H groups in total. The maximum Gasteiger partial charge on any atom is 0.194 e. The standard InChI is InChI=1S/C24H36N6O/c1-19-5-4-10-29(15-19)16-21-8-6-20(7-9-21)13-26-24(25-2)30-11-12-31-23(18-30)22-14-27-28(3)17-22/h6-9,14,17,19,23H,4-5,10-13,15-16,18H2,1-3H3,(H,25,26). The van der Waals surface area contributed by atoms with Crippen molar-refractivity contribution >= 4 is 5.96 Å². The summed E-state index contributed by atoms with van der Waals surface area (Å²) >= 11 is 0. The maximum atomic E-state index is 5.97. The lowest BCUT2D eigenvalue weighted by molar-refractivity contribution is -0.00805. The third-order valence-electron chi connectivity index (χ3n) is 6.30. The van der Waals surface area contributed by atoms with Crippen LogP contribution >= 0.6 is 0 Å². The number of morpholine rings is 1.